The zero-order valence-corrected chi connectivity index (χ0v) is 38.2. The minimum Gasteiger partial charge on any atom is -0.319 e. The van der Waals surface area contributed by atoms with Crippen molar-refractivity contribution in [1.29, 1.82) is 0 Å². The second-order valence-electron chi connectivity index (χ2n) is 16.9. The van der Waals surface area contributed by atoms with Gasteiger partial charge in [-0.25, -0.2) is 4.98 Å². The summed E-state index contributed by atoms with van der Waals surface area (Å²) in [5, 5.41) is 11.3. The van der Waals surface area contributed by atoms with Gasteiger partial charge >= 0.3 is 0 Å². The molecule has 3 heterocycles. The number of fused-ring (bicyclic) bond motifs is 4. The smallest absolute Gasteiger partial charge is 0.145 e. The van der Waals surface area contributed by atoms with E-state index in [1.54, 1.807) is 0 Å². The molecule has 0 fully saturated rings. The molecule has 0 aliphatic carbocycles. The molecule has 0 radical (unpaired) electrons. The average molecular weight is 991 g/mol. The monoisotopic (exact) mass is 990 g/mol. The molecule has 0 saturated heterocycles. The number of benzene rings is 7. The molecule has 61 heavy (non-hydrogen) atoms. The number of hydroxylamine groups is 1. The molecule has 1 aliphatic heterocycles. The molecular weight excluding hydrogens is 944 g/mol. The Labute approximate surface area is 374 Å². The third-order valence-electron chi connectivity index (χ3n) is 11.8. The molecule has 0 bridgehead atoms. The van der Waals surface area contributed by atoms with Crippen LogP contribution < -0.4 is 30.9 Å². The van der Waals surface area contributed by atoms with Gasteiger partial charge in [0.1, 0.15) is 30.8 Å². The van der Waals surface area contributed by atoms with E-state index in [1.807, 2.05) is 6.20 Å². The summed E-state index contributed by atoms with van der Waals surface area (Å²) < 4.78 is 2.31. The fourth-order valence-corrected chi connectivity index (χ4v) is 13.7. The van der Waals surface area contributed by atoms with E-state index < -0.39 is 8.07 Å². The normalized spacial score (nSPS) is 12.9. The first-order valence-electron chi connectivity index (χ1n) is 20.8. The van der Waals surface area contributed by atoms with Gasteiger partial charge < -0.3 is 4.57 Å². The largest absolute Gasteiger partial charge is 0.319 e. The Morgan fingerprint density at radius 3 is 1.97 bits per heavy atom. The molecule has 0 unspecified atom stereocenters. The Hall–Kier alpha value is -6.04. The molecule has 7 heteroatoms. The summed E-state index contributed by atoms with van der Waals surface area (Å²) in [6.07, 6.45) is 1.95. The Morgan fingerprint density at radius 2 is 1.25 bits per heavy atom. The number of para-hydroxylation sites is 3. The quantitative estimate of drug-likeness (QED) is 0.0659. The summed E-state index contributed by atoms with van der Waals surface area (Å²) in [4.78, 5) is 10.3. The second-order valence-corrected chi connectivity index (χ2v) is 20.7. The molecule has 1 N–H and O–H groups in total. The number of anilines is 3. The minimum absolute atomic E-state index is 0. The van der Waals surface area contributed by atoms with Crippen molar-refractivity contribution in [2.45, 2.75) is 46.1 Å². The third-order valence-corrected chi connectivity index (χ3v) is 16.4. The van der Waals surface area contributed by atoms with Gasteiger partial charge in [-0.1, -0.05) is 135 Å². The third kappa shape index (κ3) is 6.84. The van der Waals surface area contributed by atoms with E-state index in [9.17, 15) is 0 Å². The van der Waals surface area contributed by atoms with E-state index in [2.05, 4.69) is 237 Å². The van der Waals surface area contributed by atoms with E-state index in [1.165, 1.54) is 26.9 Å². The molecule has 0 amide bonds. The topological polar surface area (TPSA) is 37.1 Å². The molecule has 1 aliphatic rings. The average Bonchev–Trinajstić information content (AvgIpc) is 3.85. The molecule has 5 nitrogen and oxygen atoms in total. The number of aromatic nitrogens is 2. The molecular formula is C54H47N4OPtSi-. The van der Waals surface area contributed by atoms with Crippen LogP contribution in [0.25, 0.3) is 38.8 Å². The predicted octanol–water partition coefficient (Wildman–Crippen LogP) is 10.5. The molecule has 7 aromatic carbocycles. The first-order chi connectivity index (χ1) is 29.2. The van der Waals surface area contributed by atoms with Gasteiger partial charge in [-0.3, -0.25) is 0 Å². The van der Waals surface area contributed by atoms with Crippen LogP contribution >= 0.6 is 0 Å². The fraction of sp³-hybridized carbons (Fsp3) is 0.130. The van der Waals surface area contributed by atoms with Gasteiger partial charge in [0, 0.05) is 38.5 Å². The zero-order chi connectivity index (χ0) is 41.0. The van der Waals surface area contributed by atoms with E-state index >= 15 is 0 Å². The van der Waals surface area contributed by atoms with Gasteiger partial charge in [-0.2, -0.15) is 51.7 Å². The van der Waals surface area contributed by atoms with Crippen LogP contribution in [-0.2, 0) is 21.1 Å². The molecule has 0 saturated carbocycles. The van der Waals surface area contributed by atoms with E-state index in [4.69, 9.17) is 9.92 Å². The van der Waals surface area contributed by atoms with Crippen molar-refractivity contribution in [3.05, 3.63) is 200 Å². The Morgan fingerprint density at radius 1 is 0.607 bits per heavy atom. The van der Waals surface area contributed by atoms with Crippen LogP contribution in [0.4, 0.5) is 17.1 Å². The van der Waals surface area contributed by atoms with Crippen molar-refractivity contribution in [3.63, 3.8) is 0 Å². The maximum Gasteiger partial charge on any atom is 0.145 e. The van der Waals surface area contributed by atoms with Gasteiger partial charge in [-0.05, 0) is 89.5 Å². The van der Waals surface area contributed by atoms with Gasteiger partial charge in [0.2, 0.25) is 0 Å². The van der Waals surface area contributed by atoms with Crippen molar-refractivity contribution in [3.8, 4) is 16.9 Å². The molecule has 9 aromatic rings. The second kappa shape index (κ2) is 16.1. The van der Waals surface area contributed by atoms with Crippen LogP contribution in [0, 0.1) is 12.1 Å². The van der Waals surface area contributed by atoms with Crippen LogP contribution in [0.1, 0.15) is 46.1 Å². The van der Waals surface area contributed by atoms with E-state index in [0.717, 1.165) is 55.2 Å². The molecule has 0 spiro atoms. The van der Waals surface area contributed by atoms with Crippen molar-refractivity contribution >= 4 is 67.7 Å². The van der Waals surface area contributed by atoms with Crippen LogP contribution in [0.2, 0.25) is 0 Å². The standard InChI is InChI=1S/C54H46N4OSi.Pt/c1-38(2)45-25-12-13-26-46(45)39-33-34-55-53(35-39)56-49-28-15-14-27-47(49)48-32-31-44(37-52(48)56)60(41-20-8-6-9-21-41,42-22-10-7-11-23-42)43-24-18-19-40(36-43)57-50-29-16-17-30-51(50)58(59-57)54(3,4)5;/h6-35,38H,1-5H3;/q-2;/p+1. The van der Waals surface area contributed by atoms with Crippen molar-refractivity contribution in [2.24, 2.45) is 0 Å². The van der Waals surface area contributed by atoms with Gasteiger partial charge in [-0.15, -0.1) is 21.6 Å². The number of nitrogens with zero attached hydrogens (tertiary/aromatic N) is 4. The molecule has 2 aromatic heterocycles. The van der Waals surface area contributed by atoms with Crippen LogP contribution in [0.3, 0.4) is 0 Å². The zero-order valence-electron chi connectivity index (χ0n) is 35.0. The maximum absolute atomic E-state index is 5.23. The van der Waals surface area contributed by atoms with E-state index in [0.29, 0.717) is 5.92 Å². The Kier molecular flexibility index (Phi) is 10.7. The summed E-state index contributed by atoms with van der Waals surface area (Å²) in [6.45, 7) is 11.1. The fourth-order valence-electron chi connectivity index (χ4n) is 9.11. The van der Waals surface area contributed by atoms with E-state index in [-0.39, 0.29) is 26.6 Å². The summed E-state index contributed by atoms with van der Waals surface area (Å²) in [5.74, 6) is 1.25. The molecule has 304 valence electrons. The predicted molar refractivity (Wildman–Crippen MR) is 252 cm³/mol. The summed E-state index contributed by atoms with van der Waals surface area (Å²) in [6, 6.07) is 71.6. The SMILES string of the molecule is CC(C)c1ccccc1-c1ccnc(-n2c3[c-]c([Si](c4[c-]c(N5[OH+]N(C(C)(C)C)c6ccccc65)ccc4)(c4ccccc4)c4ccccc4)ccc3c3ccccc32)c1.[Pt]. The summed E-state index contributed by atoms with van der Waals surface area (Å²) in [5.41, 5.74) is 8.59. The minimum atomic E-state index is -3.13. The van der Waals surface area contributed by atoms with Crippen LogP contribution in [0.5, 0.6) is 0 Å². The number of pyridine rings is 1. The number of hydrogen-bond acceptors (Lipinski definition) is 3. The molecule has 10 rings (SSSR count). The van der Waals surface area contributed by atoms with Crippen LogP contribution in [-0.4, -0.2) is 28.1 Å². The summed E-state index contributed by atoms with van der Waals surface area (Å²) >= 11 is 0. The molecule has 0 atom stereocenters. The Bertz CT molecular complexity index is 2970. The van der Waals surface area contributed by atoms with Crippen LogP contribution in [0.15, 0.2) is 182 Å². The summed E-state index contributed by atoms with van der Waals surface area (Å²) in [7, 11) is -3.13. The first kappa shape index (κ1) is 40.4. The van der Waals surface area contributed by atoms with Gasteiger partial charge in [0.15, 0.2) is 0 Å². The Balaban J connectivity index is 0.00000476. The number of rotatable bonds is 8. The maximum atomic E-state index is 5.23. The van der Waals surface area contributed by atoms with Gasteiger partial charge in [0.25, 0.3) is 0 Å². The van der Waals surface area contributed by atoms with Crippen molar-refractivity contribution in [2.75, 3.05) is 10.1 Å². The van der Waals surface area contributed by atoms with Crippen molar-refractivity contribution in [1.82, 2.24) is 9.55 Å². The first-order valence-corrected chi connectivity index (χ1v) is 22.8. The van der Waals surface area contributed by atoms with Crippen molar-refractivity contribution < 1.29 is 26.0 Å². The van der Waals surface area contributed by atoms with Gasteiger partial charge in [0.05, 0.1) is 0 Å². The number of hydrogen-bond donors (Lipinski definition) is 0.